The highest BCUT2D eigenvalue weighted by Gasteiger charge is 1.95. The zero-order valence-electron chi connectivity index (χ0n) is 11.1. The number of hydrogen-bond donors (Lipinski definition) is 1. The molecule has 0 aliphatic rings. The molecule has 0 atom stereocenters. The number of hydrogen-bond acceptors (Lipinski definition) is 3. The second kappa shape index (κ2) is 9.63. The smallest absolute Gasteiger partial charge is 0.0591 e. The van der Waals surface area contributed by atoms with E-state index in [1.165, 1.54) is 35.4 Å². The highest BCUT2D eigenvalue weighted by molar-refractivity contribution is 7.11. The first-order valence-electron chi connectivity index (χ1n) is 6.66. The minimum absolute atomic E-state index is 0.830. The van der Waals surface area contributed by atoms with Crippen molar-refractivity contribution in [1.29, 1.82) is 0 Å². The van der Waals surface area contributed by atoms with Crippen LogP contribution < -0.4 is 5.32 Å². The van der Waals surface area contributed by atoms with Crippen LogP contribution in [0.2, 0.25) is 0 Å². The molecule has 1 heterocycles. The van der Waals surface area contributed by atoms with Crippen LogP contribution in [0.3, 0.4) is 0 Å². The normalized spacial score (nSPS) is 10.9. The maximum Gasteiger partial charge on any atom is 0.0591 e. The molecule has 1 N–H and O–H groups in total. The summed E-state index contributed by atoms with van der Waals surface area (Å²) in [4.78, 5) is 2.79. The Morgan fingerprint density at radius 2 is 2.06 bits per heavy atom. The Labute approximate surface area is 109 Å². The summed E-state index contributed by atoms with van der Waals surface area (Å²) in [7, 11) is 0. The van der Waals surface area contributed by atoms with Crippen molar-refractivity contribution < 1.29 is 4.74 Å². The van der Waals surface area contributed by atoms with Gasteiger partial charge in [0.15, 0.2) is 0 Å². The van der Waals surface area contributed by atoms with E-state index in [-0.39, 0.29) is 0 Å². The van der Waals surface area contributed by atoms with Gasteiger partial charge in [0.25, 0.3) is 0 Å². The molecule has 3 heteroatoms. The standard InChI is InChI=1S/C14H25NOS/c1-3-4-5-6-10-16-11-9-15-12-14-8-7-13(2)17-14/h7-8,15H,3-6,9-12H2,1-2H3. The van der Waals surface area contributed by atoms with E-state index in [0.29, 0.717) is 0 Å². The van der Waals surface area contributed by atoms with E-state index in [1.807, 2.05) is 11.3 Å². The van der Waals surface area contributed by atoms with Gasteiger partial charge in [0.2, 0.25) is 0 Å². The number of aryl methyl sites for hydroxylation is 1. The summed E-state index contributed by atoms with van der Waals surface area (Å²) in [6.07, 6.45) is 5.14. The summed E-state index contributed by atoms with van der Waals surface area (Å²) in [5.74, 6) is 0. The summed E-state index contributed by atoms with van der Waals surface area (Å²) < 4.78 is 5.56. The molecule has 0 saturated carbocycles. The molecule has 1 aromatic rings. The van der Waals surface area contributed by atoms with Gasteiger partial charge < -0.3 is 10.1 Å². The van der Waals surface area contributed by atoms with Gasteiger partial charge in [-0.05, 0) is 25.5 Å². The molecule has 1 aromatic heterocycles. The molecule has 1 rings (SSSR count). The third-order valence-corrected chi connectivity index (χ3v) is 3.66. The van der Waals surface area contributed by atoms with Gasteiger partial charge in [-0.25, -0.2) is 0 Å². The van der Waals surface area contributed by atoms with Gasteiger partial charge in [-0.2, -0.15) is 0 Å². The lowest BCUT2D eigenvalue weighted by molar-refractivity contribution is 0.131. The van der Waals surface area contributed by atoms with Crippen LogP contribution in [0.25, 0.3) is 0 Å². The molecule has 0 fully saturated rings. The topological polar surface area (TPSA) is 21.3 Å². The first kappa shape index (κ1) is 14.7. The van der Waals surface area contributed by atoms with Gasteiger partial charge in [-0.1, -0.05) is 26.2 Å². The lowest BCUT2D eigenvalue weighted by Gasteiger charge is -2.05. The molecule has 17 heavy (non-hydrogen) atoms. The second-order valence-electron chi connectivity index (χ2n) is 4.36. The molecule has 0 aliphatic heterocycles. The summed E-state index contributed by atoms with van der Waals surface area (Å²) in [5, 5.41) is 3.40. The highest BCUT2D eigenvalue weighted by Crippen LogP contribution is 2.14. The molecular weight excluding hydrogens is 230 g/mol. The molecular formula is C14H25NOS. The Hall–Kier alpha value is -0.380. The second-order valence-corrected chi connectivity index (χ2v) is 5.73. The third-order valence-electron chi connectivity index (χ3n) is 2.66. The molecule has 0 radical (unpaired) electrons. The van der Waals surface area contributed by atoms with E-state index in [4.69, 9.17) is 4.74 Å². The molecule has 0 aliphatic carbocycles. The summed E-state index contributed by atoms with van der Waals surface area (Å²) in [6, 6.07) is 4.37. The molecule has 98 valence electrons. The van der Waals surface area contributed by atoms with Gasteiger partial charge in [-0.3, -0.25) is 0 Å². The van der Waals surface area contributed by atoms with E-state index in [0.717, 1.165) is 26.3 Å². The lowest BCUT2D eigenvalue weighted by Crippen LogP contribution is -2.18. The number of ether oxygens (including phenoxy) is 1. The Kier molecular flexibility index (Phi) is 8.32. The number of rotatable bonds is 10. The maximum absolute atomic E-state index is 5.56. The van der Waals surface area contributed by atoms with Crippen LogP contribution >= 0.6 is 11.3 Å². The van der Waals surface area contributed by atoms with E-state index < -0.39 is 0 Å². The van der Waals surface area contributed by atoms with Gasteiger partial charge >= 0.3 is 0 Å². The lowest BCUT2D eigenvalue weighted by atomic mass is 10.2. The summed E-state index contributed by atoms with van der Waals surface area (Å²) in [6.45, 7) is 8.04. The van der Waals surface area contributed by atoms with Crippen molar-refractivity contribution in [3.05, 3.63) is 21.9 Å². The van der Waals surface area contributed by atoms with Crippen molar-refractivity contribution in [3.8, 4) is 0 Å². The summed E-state index contributed by atoms with van der Waals surface area (Å²) in [5.41, 5.74) is 0. The fraction of sp³-hybridized carbons (Fsp3) is 0.714. The monoisotopic (exact) mass is 255 g/mol. The fourth-order valence-electron chi connectivity index (χ4n) is 1.67. The molecule has 0 bridgehead atoms. The fourth-order valence-corrected chi connectivity index (χ4v) is 2.53. The maximum atomic E-state index is 5.56. The third kappa shape index (κ3) is 7.53. The average molecular weight is 255 g/mol. The predicted octanol–water partition coefficient (Wildman–Crippen LogP) is 3.74. The van der Waals surface area contributed by atoms with Crippen LogP contribution in [-0.4, -0.2) is 19.8 Å². The van der Waals surface area contributed by atoms with E-state index >= 15 is 0 Å². The molecule has 0 spiro atoms. The average Bonchev–Trinajstić information content (AvgIpc) is 2.73. The number of nitrogens with one attached hydrogen (secondary N) is 1. The molecule has 0 aromatic carbocycles. The van der Waals surface area contributed by atoms with Crippen molar-refractivity contribution in [2.45, 2.75) is 46.1 Å². The SMILES string of the molecule is CCCCCCOCCNCc1ccc(C)s1. The molecule has 0 amide bonds. The van der Waals surface area contributed by atoms with Gasteiger partial charge in [0.05, 0.1) is 6.61 Å². The predicted molar refractivity (Wildman–Crippen MR) is 75.7 cm³/mol. The van der Waals surface area contributed by atoms with E-state index in [1.54, 1.807) is 0 Å². The van der Waals surface area contributed by atoms with Crippen LogP contribution in [0.15, 0.2) is 12.1 Å². The highest BCUT2D eigenvalue weighted by atomic mass is 32.1. The minimum Gasteiger partial charge on any atom is -0.380 e. The summed E-state index contributed by atoms with van der Waals surface area (Å²) >= 11 is 1.86. The minimum atomic E-state index is 0.830. The van der Waals surface area contributed by atoms with Crippen molar-refractivity contribution in [2.24, 2.45) is 0 Å². The first-order chi connectivity index (χ1) is 8.33. The molecule has 2 nitrogen and oxygen atoms in total. The van der Waals surface area contributed by atoms with Crippen LogP contribution in [-0.2, 0) is 11.3 Å². The Morgan fingerprint density at radius 1 is 1.18 bits per heavy atom. The zero-order chi connectivity index (χ0) is 12.3. The van der Waals surface area contributed by atoms with Gasteiger partial charge in [-0.15, -0.1) is 11.3 Å². The van der Waals surface area contributed by atoms with Gasteiger partial charge in [0.1, 0.15) is 0 Å². The van der Waals surface area contributed by atoms with E-state index in [9.17, 15) is 0 Å². The van der Waals surface area contributed by atoms with Crippen LogP contribution in [0.5, 0.6) is 0 Å². The Bertz CT molecular complexity index is 286. The number of unbranched alkanes of at least 4 members (excludes halogenated alkanes) is 3. The first-order valence-corrected chi connectivity index (χ1v) is 7.48. The van der Waals surface area contributed by atoms with Crippen LogP contribution in [0.4, 0.5) is 0 Å². The largest absolute Gasteiger partial charge is 0.380 e. The molecule has 0 saturated heterocycles. The van der Waals surface area contributed by atoms with Crippen LogP contribution in [0.1, 0.15) is 42.4 Å². The molecule has 0 unspecified atom stereocenters. The van der Waals surface area contributed by atoms with Crippen molar-refractivity contribution >= 4 is 11.3 Å². The van der Waals surface area contributed by atoms with Crippen LogP contribution in [0, 0.1) is 6.92 Å². The Morgan fingerprint density at radius 3 is 2.76 bits per heavy atom. The van der Waals surface area contributed by atoms with Crippen molar-refractivity contribution in [2.75, 3.05) is 19.8 Å². The van der Waals surface area contributed by atoms with E-state index in [2.05, 4.69) is 31.3 Å². The quantitative estimate of drug-likeness (QED) is 0.643. The number of thiophene rings is 1. The zero-order valence-corrected chi connectivity index (χ0v) is 11.9. The Balaban J connectivity index is 1.84. The van der Waals surface area contributed by atoms with Gasteiger partial charge in [0, 0.05) is 29.5 Å². The van der Waals surface area contributed by atoms with Crippen molar-refractivity contribution in [1.82, 2.24) is 5.32 Å². The van der Waals surface area contributed by atoms with Crippen molar-refractivity contribution in [3.63, 3.8) is 0 Å².